The minimum atomic E-state index is -0.00411. The number of aromatic nitrogens is 2. The summed E-state index contributed by atoms with van der Waals surface area (Å²) in [6.45, 7) is 2.86. The van der Waals surface area contributed by atoms with Gasteiger partial charge in [-0.25, -0.2) is 0 Å². The number of thioether (sulfide) groups is 1. The van der Waals surface area contributed by atoms with Crippen molar-refractivity contribution < 1.29 is 9.21 Å². The predicted molar refractivity (Wildman–Crippen MR) is 83.0 cm³/mol. The molecule has 0 aliphatic rings. The van der Waals surface area contributed by atoms with Crippen LogP contribution in [0.5, 0.6) is 0 Å². The first-order chi connectivity index (χ1) is 10.3. The summed E-state index contributed by atoms with van der Waals surface area (Å²) in [5.41, 5.74) is 0.876. The van der Waals surface area contributed by atoms with Gasteiger partial charge < -0.3 is 9.73 Å². The predicted octanol–water partition coefficient (Wildman–Crippen LogP) is 3.14. The highest BCUT2D eigenvalue weighted by molar-refractivity contribution is 7.99. The van der Waals surface area contributed by atoms with Gasteiger partial charge in [0, 0.05) is 12.1 Å². The number of unbranched alkanes of at least 4 members (excludes halogenated alkanes) is 2. The number of benzene rings is 1. The topological polar surface area (TPSA) is 68.0 Å². The fraction of sp³-hybridized carbons (Fsp3) is 0.400. The average Bonchev–Trinajstić information content (AvgIpc) is 2.99. The summed E-state index contributed by atoms with van der Waals surface area (Å²) < 4.78 is 5.52. The molecule has 6 heteroatoms. The Morgan fingerprint density at radius 2 is 2.05 bits per heavy atom. The fourth-order valence-corrected chi connectivity index (χ4v) is 2.34. The van der Waals surface area contributed by atoms with Gasteiger partial charge in [0.2, 0.25) is 11.8 Å². The van der Waals surface area contributed by atoms with Crippen LogP contribution in [0.3, 0.4) is 0 Å². The second-order valence-electron chi connectivity index (χ2n) is 4.58. The number of rotatable bonds is 8. The third-order valence-electron chi connectivity index (χ3n) is 2.86. The molecule has 0 bridgehead atoms. The Labute approximate surface area is 128 Å². The summed E-state index contributed by atoms with van der Waals surface area (Å²) in [6.07, 6.45) is 3.30. The lowest BCUT2D eigenvalue weighted by molar-refractivity contribution is -0.118. The quantitative estimate of drug-likeness (QED) is 0.599. The maximum Gasteiger partial charge on any atom is 0.277 e. The highest BCUT2D eigenvalue weighted by Gasteiger charge is 2.10. The van der Waals surface area contributed by atoms with Crippen molar-refractivity contribution in [2.45, 2.75) is 31.4 Å². The van der Waals surface area contributed by atoms with Crippen molar-refractivity contribution in [1.82, 2.24) is 15.5 Å². The number of carbonyl (C=O) groups is 1. The molecule has 21 heavy (non-hydrogen) atoms. The molecule has 5 nitrogen and oxygen atoms in total. The van der Waals surface area contributed by atoms with Crippen LogP contribution in [0.4, 0.5) is 0 Å². The van der Waals surface area contributed by atoms with Crippen LogP contribution in [-0.4, -0.2) is 28.4 Å². The maximum absolute atomic E-state index is 11.6. The van der Waals surface area contributed by atoms with Crippen LogP contribution < -0.4 is 5.32 Å². The molecule has 2 rings (SSSR count). The molecule has 1 aromatic heterocycles. The van der Waals surface area contributed by atoms with Gasteiger partial charge in [-0.2, -0.15) is 0 Å². The minimum absolute atomic E-state index is 0.00411. The van der Waals surface area contributed by atoms with Gasteiger partial charge in [0.05, 0.1) is 5.75 Å². The Hall–Kier alpha value is -1.82. The standard InChI is InChI=1S/C15H19N3O2S/c1-2-3-7-10-16-13(19)11-21-15-18-17-14(20-15)12-8-5-4-6-9-12/h4-6,8-9H,2-3,7,10-11H2,1H3,(H,16,19). The molecule has 0 saturated carbocycles. The van der Waals surface area contributed by atoms with E-state index in [0.717, 1.165) is 31.4 Å². The van der Waals surface area contributed by atoms with Crippen LogP contribution in [-0.2, 0) is 4.79 Å². The first kappa shape index (κ1) is 15.6. The van der Waals surface area contributed by atoms with E-state index < -0.39 is 0 Å². The van der Waals surface area contributed by atoms with E-state index in [1.165, 1.54) is 11.8 Å². The van der Waals surface area contributed by atoms with Gasteiger partial charge in [-0.3, -0.25) is 4.79 Å². The fourth-order valence-electron chi connectivity index (χ4n) is 1.75. The average molecular weight is 305 g/mol. The molecule has 0 radical (unpaired) electrons. The molecule has 1 N–H and O–H groups in total. The summed E-state index contributed by atoms with van der Waals surface area (Å²) in [5.74, 6) is 0.764. The molecule has 0 fully saturated rings. The second kappa shape index (κ2) is 8.46. The summed E-state index contributed by atoms with van der Waals surface area (Å²) in [5, 5.41) is 11.2. The molecule has 0 spiro atoms. The van der Waals surface area contributed by atoms with Crippen molar-refractivity contribution >= 4 is 17.7 Å². The SMILES string of the molecule is CCCCCNC(=O)CSc1nnc(-c2ccccc2)o1. The van der Waals surface area contributed by atoms with E-state index in [2.05, 4.69) is 22.4 Å². The minimum Gasteiger partial charge on any atom is -0.411 e. The Morgan fingerprint density at radius 1 is 1.24 bits per heavy atom. The normalized spacial score (nSPS) is 10.5. The Balaban J connectivity index is 1.77. The van der Waals surface area contributed by atoms with Crippen molar-refractivity contribution in [2.24, 2.45) is 0 Å². The highest BCUT2D eigenvalue weighted by atomic mass is 32.2. The van der Waals surface area contributed by atoms with Crippen molar-refractivity contribution in [3.05, 3.63) is 30.3 Å². The zero-order valence-electron chi connectivity index (χ0n) is 12.0. The third kappa shape index (κ3) is 5.23. The van der Waals surface area contributed by atoms with Gasteiger partial charge in [-0.05, 0) is 18.6 Å². The van der Waals surface area contributed by atoms with Crippen LogP contribution in [0.1, 0.15) is 26.2 Å². The van der Waals surface area contributed by atoms with Crippen molar-refractivity contribution in [3.8, 4) is 11.5 Å². The molecule has 0 aliphatic carbocycles. The molecule has 2 aromatic rings. The van der Waals surface area contributed by atoms with Crippen LogP contribution >= 0.6 is 11.8 Å². The van der Waals surface area contributed by atoms with E-state index in [9.17, 15) is 4.79 Å². The van der Waals surface area contributed by atoms with Gasteiger partial charge in [-0.15, -0.1) is 10.2 Å². The second-order valence-corrected chi connectivity index (χ2v) is 5.51. The van der Waals surface area contributed by atoms with Crippen molar-refractivity contribution in [2.75, 3.05) is 12.3 Å². The monoisotopic (exact) mass is 305 g/mol. The van der Waals surface area contributed by atoms with Gasteiger partial charge >= 0.3 is 0 Å². The first-order valence-corrected chi connectivity index (χ1v) is 8.06. The lowest BCUT2D eigenvalue weighted by Gasteiger charge is -2.02. The van der Waals surface area contributed by atoms with E-state index in [4.69, 9.17) is 4.42 Å². The lowest BCUT2D eigenvalue weighted by Crippen LogP contribution is -2.26. The van der Waals surface area contributed by atoms with E-state index in [1.54, 1.807) is 0 Å². The van der Waals surface area contributed by atoms with Crippen LogP contribution in [0, 0.1) is 0 Å². The van der Waals surface area contributed by atoms with Crippen molar-refractivity contribution in [1.29, 1.82) is 0 Å². The molecule has 0 unspecified atom stereocenters. The van der Waals surface area contributed by atoms with Crippen LogP contribution in [0.25, 0.3) is 11.5 Å². The molecular weight excluding hydrogens is 286 g/mol. The molecule has 1 amide bonds. The van der Waals surface area contributed by atoms with Crippen molar-refractivity contribution in [3.63, 3.8) is 0 Å². The van der Waals surface area contributed by atoms with Gasteiger partial charge in [0.15, 0.2) is 0 Å². The summed E-state index contributed by atoms with van der Waals surface area (Å²) in [4.78, 5) is 11.6. The van der Waals surface area contributed by atoms with Gasteiger partial charge in [0.25, 0.3) is 5.22 Å². The van der Waals surface area contributed by atoms with Crippen LogP contribution in [0.2, 0.25) is 0 Å². The zero-order valence-corrected chi connectivity index (χ0v) is 12.9. The largest absolute Gasteiger partial charge is 0.411 e. The molecule has 112 valence electrons. The van der Waals surface area contributed by atoms with Crippen LogP contribution in [0.15, 0.2) is 40.0 Å². The number of amides is 1. The first-order valence-electron chi connectivity index (χ1n) is 7.08. The number of hydrogen-bond acceptors (Lipinski definition) is 5. The number of carbonyl (C=O) groups excluding carboxylic acids is 1. The number of nitrogens with zero attached hydrogens (tertiary/aromatic N) is 2. The molecule has 1 aromatic carbocycles. The summed E-state index contributed by atoms with van der Waals surface area (Å²) in [7, 11) is 0. The maximum atomic E-state index is 11.6. The van der Waals surface area contributed by atoms with E-state index in [0.29, 0.717) is 16.9 Å². The van der Waals surface area contributed by atoms with Gasteiger partial charge in [0.1, 0.15) is 0 Å². The van der Waals surface area contributed by atoms with E-state index in [-0.39, 0.29) is 5.91 Å². The molecular formula is C15H19N3O2S. The summed E-state index contributed by atoms with van der Waals surface area (Å²) in [6, 6.07) is 9.56. The Bertz CT molecular complexity index is 557. The number of nitrogens with one attached hydrogen (secondary N) is 1. The lowest BCUT2D eigenvalue weighted by atomic mass is 10.2. The van der Waals surface area contributed by atoms with E-state index >= 15 is 0 Å². The Morgan fingerprint density at radius 3 is 2.81 bits per heavy atom. The smallest absolute Gasteiger partial charge is 0.277 e. The number of hydrogen-bond donors (Lipinski definition) is 1. The molecule has 0 atom stereocenters. The highest BCUT2D eigenvalue weighted by Crippen LogP contribution is 2.22. The summed E-state index contributed by atoms with van der Waals surface area (Å²) >= 11 is 1.26. The third-order valence-corrected chi connectivity index (χ3v) is 3.67. The zero-order chi connectivity index (χ0) is 14.9. The molecule has 0 saturated heterocycles. The van der Waals surface area contributed by atoms with E-state index in [1.807, 2.05) is 30.3 Å². The Kier molecular flexibility index (Phi) is 6.27. The van der Waals surface area contributed by atoms with Gasteiger partial charge in [-0.1, -0.05) is 49.7 Å². The molecule has 1 heterocycles. The molecule has 0 aliphatic heterocycles.